The lowest BCUT2D eigenvalue weighted by atomic mass is 10.0. The molecule has 2 saturated heterocycles. The molecule has 4 rings (SSSR count). The fourth-order valence-electron chi connectivity index (χ4n) is 4.58. The summed E-state index contributed by atoms with van der Waals surface area (Å²) in [7, 11) is -3.63. The Balaban J connectivity index is 1.59. The zero-order chi connectivity index (χ0) is 22.2. The van der Waals surface area contributed by atoms with E-state index in [2.05, 4.69) is 6.92 Å². The molecular weight excluding hydrogens is 434 g/mol. The maximum absolute atomic E-state index is 13.2. The van der Waals surface area contributed by atoms with Crippen LogP contribution in [-0.2, 0) is 19.6 Å². The van der Waals surface area contributed by atoms with E-state index in [0.717, 1.165) is 37.0 Å². The first-order chi connectivity index (χ1) is 14.8. The molecule has 9 heteroatoms. The Morgan fingerprint density at radius 1 is 1.10 bits per heavy atom. The van der Waals surface area contributed by atoms with Crippen LogP contribution in [0, 0.1) is 5.92 Å². The van der Waals surface area contributed by atoms with Crippen LogP contribution in [-0.4, -0.2) is 67.4 Å². The molecule has 1 atom stereocenters. The number of anilines is 1. The van der Waals surface area contributed by atoms with Gasteiger partial charge in [0, 0.05) is 30.6 Å². The highest BCUT2D eigenvalue weighted by Gasteiger charge is 2.33. The van der Waals surface area contributed by atoms with Gasteiger partial charge in [0.05, 0.1) is 16.3 Å². The van der Waals surface area contributed by atoms with Gasteiger partial charge in [0.15, 0.2) is 0 Å². The highest BCUT2D eigenvalue weighted by Crippen LogP contribution is 2.38. The number of amides is 2. The first-order valence-electron chi connectivity index (χ1n) is 11.1. The van der Waals surface area contributed by atoms with Crippen molar-refractivity contribution in [2.45, 2.75) is 61.8 Å². The number of benzene rings is 1. The summed E-state index contributed by atoms with van der Waals surface area (Å²) in [5.74, 6) is 0.558. The highest BCUT2D eigenvalue weighted by molar-refractivity contribution is 8.00. The summed E-state index contributed by atoms with van der Waals surface area (Å²) in [5, 5.41) is 0. The third-order valence-corrected chi connectivity index (χ3v) is 9.61. The van der Waals surface area contributed by atoms with Crippen molar-refractivity contribution in [2.75, 3.05) is 36.8 Å². The van der Waals surface area contributed by atoms with Crippen LogP contribution in [0.1, 0.15) is 46.0 Å². The van der Waals surface area contributed by atoms with E-state index in [0.29, 0.717) is 31.2 Å². The molecule has 0 N–H and O–H groups in total. The molecule has 0 aliphatic carbocycles. The monoisotopic (exact) mass is 465 g/mol. The molecule has 2 fully saturated rings. The number of hydrogen-bond donors (Lipinski definition) is 0. The van der Waals surface area contributed by atoms with Crippen LogP contribution in [0.5, 0.6) is 0 Å². The van der Waals surface area contributed by atoms with E-state index >= 15 is 0 Å². The molecule has 3 aliphatic rings. The molecule has 31 heavy (non-hydrogen) atoms. The van der Waals surface area contributed by atoms with Crippen LogP contribution in [0.25, 0.3) is 0 Å². The average molecular weight is 466 g/mol. The minimum Gasteiger partial charge on any atom is -0.338 e. The van der Waals surface area contributed by atoms with Crippen molar-refractivity contribution in [1.82, 2.24) is 9.21 Å². The van der Waals surface area contributed by atoms with E-state index in [-0.39, 0.29) is 35.0 Å². The molecule has 0 saturated carbocycles. The van der Waals surface area contributed by atoms with Crippen LogP contribution in [0.3, 0.4) is 0 Å². The van der Waals surface area contributed by atoms with Crippen molar-refractivity contribution in [2.24, 2.45) is 5.92 Å². The minimum atomic E-state index is -3.63. The quantitative estimate of drug-likeness (QED) is 0.683. The largest absolute Gasteiger partial charge is 0.338 e. The molecule has 7 nitrogen and oxygen atoms in total. The van der Waals surface area contributed by atoms with Gasteiger partial charge >= 0.3 is 0 Å². The van der Waals surface area contributed by atoms with Gasteiger partial charge in [0.25, 0.3) is 0 Å². The van der Waals surface area contributed by atoms with Crippen molar-refractivity contribution in [3.8, 4) is 0 Å². The molecule has 1 aromatic carbocycles. The first-order valence-corrected chi connectivity index (χ1v) is 13.6. The van der Waals surface area contributed by atoms with E-state index in [9.17, 15) is 18.0 Å². The second kappa shape index (κ2) is 9.11. The summed E-state index contributed by atoms with van der Waals surface area (Å²) in [6, 6.07) is 5.15. The number of sulfonamides is 1. The van der Waals surface area contributed by atoms with E-state index in [1.165, 1.54) is 21.0 Å². The minimum absolute atomic E-state index is 0.0402. The number of nitrogens with zero attached hydrogens (tertiary/aromatic N) is 3. The Morgan fingerprint density at radius 2 is 1.84 bits per heavy atom. The number of carbonyl (C=O) groups excluding carboxylic acids is 2. The molecular formula is C22H31N3O4S2. The van der Waals surface area contributed by atoms with Gasteiger partial charge in [0.2, 0.25) is 21.8 Å². The number of piperidine rings is 2. The number of fused-ring (bicyclic) bond motifs is 1. The third-order valence-electron chi connectivity index (χ3n) is 6.67. The van der Waals surface area contributed by atoms with Gasteiger partial charge in [-0.15, -0.1) is 11.8 Å². The molecule has 170 valence electrons. The lowest BCUT2D eigenvalue weighted by molar-refractivity contribution is -0.134. The Kier molecular flexibility index (Phi) is 6.65. The first kappa shape index (κ1) is 22.6. The predicted molar refractivity (Wildman–Crippen MR) is 122 cm³/mol. The number of rotatable bonds is 4. The number of hydrogen-bond acceptors (Lipinski definition) is 5. The maximum Gasteiger partial charge on any atom is 0.243 e. The van der Waals surface area contributed by atoms with Crippen LogP contribution >= 0.6 is 11.8 Å². The van der Waals surface area contributed by atoms with Crippen LogP contribution in [0.4, 0.5) is 5.69 Å². The SMILES string of the molecule is CC1CCN(S(=O)(=O)c2ccc3c(c2)N(CC(=O)N2CCCC[C@H]2C)C(=O)CS3)CC1. The summed E-state index contributed by atoms with van der Waals surface area (Å²) in [5.41, 5.74) is 0.533. The van der Waals surface area contributed by atoms with Crippen molar-refractivity contribution < 1.29 is 18.0 Å². The summed E-state index contributed by atoms with van der Waals surface area (Å²) in [4.78, 5) is 30.1. The lowest BCUT2D eigenvalue weighted by Gasteiger charge is -2.36. The van der Waals surface area contributed by atoms with Crippen LogP contribution in [0.2, 0.25) is 0 Å². The Morgan fingerprint density at radius 3 is 2.55 bits per heavy atom. The molecule has 0 spiro atoms. The van der Waals surface area contributed by atoms with E-state index in [4.69, 9.17) is 0 Å². The summed E-state index contributed by atoms with van der Waals surface area (Å²) in [6.45, 7) is 5.90. The normalized spacial score (nSPS) is 23.7. The predicted octanol–water partition coefficient (Wildman–Crippen LogP) is 2.95. The third kappa shape index (κ3) is 4.64. The standard InChI is InChI=1S/C22H31N3O4S2/c1-16-8-11-23(12-9-16)31(28,29)18-6-7-20-19(13-18)25(22(27)15-30-20)14-21(26)24-10-4-3-5-17(24)2/h6-7,13,16-17H,3-5,8-12,14-15H2,1-2H3/t17-/m1/s1. The molecule has 3 aliphatic heterocycles. The fourth-order valence-corrected chi connectivity index (χ4v) is 6.99. The average Bonchev–Trinajstić information content (AvgIpc) is 2.76. The topological polar surface area (TPSA) is 78.0 Å². The zero-order valence-electron chi connectivity index (χ0n) is 18.2. The van der Waals surface area contributed by atoms with Crippen molar-refractivity contribution >= 4 is 39.3 Å². The summed E-state index contributed by atoms with van der Waals surface area (Å²) < 4.78 is 28.0. The second-order valence-corrected chi connectivity index (χ2v) is 11.9. The Bertz CT molecular complexity index is 958. The second-order valence-electron chi connectivity index (χ2n) is 8.92. The van der Waals surface area contributed by atoms with Gasteiger partial charge in [-0.3, -0.25) is 9.59 Å². The number of carbonyl (C=O) groups is 2. The van der Waals surface area contributed by atoms with Gasteiger partial charge in [0.1, 0.15) is 6.54 Å². The van der Waals surface area contributed by atoms with E-state index in [1.807, 2.05) is 11.8 Å². The van der Waals surface area contributed by atoms with Gasteiger partial charge in [-0.1, -0.05) is 6.92 Å². The maximum atomic E-state index is 13.2. The number of thioether (sulfide) groups is 1. The molecule has 0 radical (unpaired) electrons. The van der Waals surface area contributed by atoms with Gasteiger partial charge in [-0.05, 0) is 63.1 Å². The Labute approximate surface area is 189 Å². The molecule has 0 aromatic heterocycles. The van der Waals surface area contributed by atoms with Gasteiger partial charge in [-0.2, -0.15) is 4.31 Å². The van der Waals surface area contributed by atoms with Crippen LogP contribution in [0.15, 0.2) is 28.0 Å². The van der Waals surface area contributed by atoms with Gasteiger partial charge in [-0.25, -0.2) is 8.42 Å². The zero-order valence-corrected chi connectivity index (χ0v) is 19.9. The smallest absolute Gasteiger partial charge is 0.243 e. The van der Waals surface area contributed by atoms with E-state index in [1.54, 1.807) is 18.2 Å². The van der Waals surface area contributed by atoms with Crippen molar-refractivity contribution in [1.29, 1.82) is 0 Å². The fraction of sp³-hybridized carbons (Fsp3) is 0.636. The number of likely N-dealkylation sites (tertiary alicyclic amines) is 1. The van der Waals surface area contributed by atoms with Gasteiger partial charge < -0.3 is 9.80 Å². The van der Waals surface area contributed by atoms with E-state index < -0.39 is 10.0 Å². The van der Waals surface area contributed by atoms with Crippen LogP contribution < -0.4 is 4.90 Å². The molecule has 3 heterocycles. The van der Waals surface area contributed by atoms with Crippen molar-refractivity contribution in [3.05, 3.63) is 18.2 Å². The molecule has 0 unspecified atom stereocenters. The molecule has 2 amide bonds. The van der Waals surface area contributed by atoms with Crippen molar-refractivity contribution in [3.63, 3.8) is 0 Å². The summed E-state index contributed by atoms with van der Waals surface area (Å²) >= 11 is 1.39. The lowest BCUT2D eigenvalue weighted by Crippen LogP contribution is -2.49. The molecule has 1 aromatic rings. The highest BCUT2D eigenvalue weighted by atomic mass is 32.2. The molecule has 0 bridgehead atoms. The summed E-state index contributed by atoms with van der Waals surface area (Å²) in [6.07, 6.45) is 4.78. The Hall–Kier alpha value is -1.58.